The fourth-order valence-electron chi connectivity index (χ4n) is 3.37. The first kappa shape index (κ1) is 18.8. The molecule has 142 valence electrons. The van der Waals surface area contributed by atoms with E-state index in [9.17, 15) is 4.79 Å². The van der Waals surface area contributed by atoms with Crippen LogP contribution in [0.2, 0.25) is 0 Å². The van der Waals surface area contributed by atoms with Crippen LogP contribution in [0.4, 0.5) is 0 Å². The van der Waals surface area contributed by atoms with E-state index in [1.54, 1.807) is 14.2 Å². The van der Waals surface area contributed by atoms with Gasteiger partial charge in [0, 0.05) is 41.8 Å². The number of rotatable bonds is 6. The first-order valence-corrected chi connectivity index (χ1v) is 9.01. The number of amides is 1. The summed E-state index contributed by atoms with van der Waals surface area (Å²) in [6.45, 7) is 4.72. The summed E-state index contributed by atoms with van der Waals surface area (Å²) in [5.74, 6) is 1.45. The minimum Gasteiger partial charge on any atom is -0.497 e. The Labute approximate surface area is 159 Å². The van der Waals surface area contributed by atoms with E-state index < -0.39 is 0 Å². The van der Waals surface area contributed by atoms with Gasteiger partial charge in [0.25, 0.3) is 5.91 Å². The van der Waals surface area contributed by atoms with Crippen LogP contribution in [-0.2, 0) is 13.5 Å². The van der Waals surface area contributed by atoms with Crippen molar-refractivity contribution in [1.82, 2.24) is 9.88 Å². The molecule has 0 saturated carbocycles. The average Bonchev–Trinajstić information content (AvgIpc) is 2.91. The van der Waals surface area contributed by atoms with Crippen LogP contribution in [-0.4, -0.2) is 31.2 Å². The number of carbonyl (C=O) groups excluding carboxylic acids is 1. The predicted octanol–water partition coefficient (Wildman–Crippen LogP) is 3.78. The molecule has 0 atom stereocenters. The Bertz CT molecular complexity index is 989. The monoisotopic (exact) mass is 366 g/mol. The van der Waals surface area contributed by atoms with E-state index in [4.69, 9.17) is 9.47 Å². The van der Waals surface area contributed by atoms with Gasteiger partial charge in [-0.05, 0) is 55.7 Å². The van der Waals surface area contributed by atoms with Gasteiger partial charge in [-0.1, -0.05) is 6.07 Å². The Morgan fingerprint density at radius 2 is 1.85 bits per heavy atom. The number of methoxy groups -OCH3 is 2. The number of hydrogen-bond donors (Lipinski definition) is 1. The van der Waals surface area contributed by atoms with Crippen LogP contribution >= 0.6 is 0 Å². The second-order valence-electron chi connectivity index (χ2n) is 6.69. The molecule has 0 fully saturated rings. The van der Waals surface area contributed by atoms with Gasteiger partial charge in [0.1, 0.15) is 11.5 Å². The molecule has 3 aromatic rings. The van der Waals surface area contributed by atoms with Gasteiger partial charge >= 0.3 is 0 Å². The topological polar surface area (TPSA) is 52.5 Å². The van der Waals surface area contributed by atoms with Crippen molar-refractivity contribution >= 4 is 16.8 Å². The number of nitrogens with one attached hydrogen (secondary N) is 1. The number of nitrogens with zero attached hydrogens (tertiary/aromatic N) is 1. The van der Waals surface area contributed by atoms with Crippen LogP contribution in [0.3, 0.4) is 0 Å². The minimum absolute atomic E-state index is 0.0646. The van der Waals surface area contributed by atoms with Crippen molar-refractivity contribution in [3.63, 3.8) is 0 Å². The number of ether oxygens (including phenoxy) is 2. The van der Waals surface area contributed by atoms with Gasteiger partial charge in [-0.2, -0.15) is 0 Å². The van der Waals surface area contributed by atoms with Crippen molar-refractivity contribution in [2.75, 3.05) is 20.8 Å². The summed E-state index contributed by atoms with van der Waals surface area (Å²) in [4.78, 5) is 12.6. The molecule has 3 rings (SSSR count). The molecular formula is C22H26N2O3. The zero-order valence-corrected chi connectivity index (χ0v) is 16.6. The summed E-state index contributed by atoms with van der Waals surface area (Å²) in [5.41, 5.74) is 5.28. The maximum absolute atomic E-state index is 12.6. The molecule has 1 amide bonds. The maximum Gasteiger partial charge on any atom is 0.251 e. The molecule has 5 heteroatoms. The number of carbonyl (C=O) groups is 1. The quantitative estimate of drug-likeness (QED) is 0.722. The summed E-state index contributed by atoms with van der Waals surface area (Å²) >= 11 is 0. The Balaban J connectivity index is 1.70. The highest BCUT2D eigenvalue weighted by Crippen LogP contribution is 2.26. The van der Waals surface area contributed by atoms with Crippen molar-refractivity contribution in [2.45, 2.75) is 20.3 Å². The lowest BCUT2D eigenvalue weighted by Gasteiger charge is -2.11. The predicted molar refractivity (Wildman–Crippen MR) is 108 cm³/mol. The second-order valence-corrected chi connectivity index (χ2v) is 6.69. The number of benzene rings is 2. The van der Waals surface area contributed by atoms with Crippen LogP contribution in [0, 0.1) is 13.8 Å². The molecule has 0 bridgehead atoms. The molecule has 2 aromatic carbocycles. The summed E-state index contributed by atoms with van der Waals surface area (Å²) in [6, 6.07) is 11.6. The highest BCUT2D eigenvalue weighted by molar-refractivity contribution is 5.99. The average molecular weight is 366 g/mol. The van der Waals surface area contributed by atoms with Crippen LogP contribution in [0.25, 0.3) is 10.9 Å². The lowest BCUT2D eigenvalue weighted by atomic mass is 10.1. The first-order valence-electron chi connectivity index (χ1n) is 9.01. The molecule has 0 radical (unpaired) electrons. The summed E-state index contributed by atoms with van der Waals surface area (Å²) in [5, 5.41) is 4.12. The van der Waals surface area contributed by atoms with Gasteiger partial charge in [-0.25, -0.2) is 0 Å². The summed E-state index contributed by atoms with van der Waals surface area (Å²) < 4.78 is 12.8. The molecule has 27 heavy (non-hydrogen) atoms. The minimum atomic E-state index is -0.0646. The smallest absolute Gasteiger partial charge is 0.251 e. The van der Waals surface area contributed by atoms with Crippen molar-refractivity contribution in [1.29, 1.82) is 0 Å². The Hall–Kier alpha value is -2.95. The SMILES string of the molecule is COc1ccc(CCNC(=O)c2ccc3c(c2)c(C)c(C)n3C)c(OC)c1. The maximum atomic E-state index is 12.6. The van der Waals surface area contributed by atoms with Crippen molar-refractivity contribution < 1.29 is 14.3 Å². The number of aryl methyl sites for hydroxylation is 2. The third-order valence-electron chi connectivity index (χ3n) is 5.24. The van der Waals surface area contributed by atoms with Gasteiger partial charge in [0.05, 0.1) is 14.2 Å². The van der Waals surface area contributed by atoms with Gasteiger partial charge in [-0.15, -0.1) is 0 Å². The largest absolute Gasteiger partial charge is 0.497 e. The Morgan fingerprint density at radius 1 is 1.07 bits per heavy atom. The highest BCUT2D eigenvalue weighted by atomic mass is 16.5. The molecule has 1 N–H and O–H groups in total. The van der Waals surface area contributed by atoms with Gasteiger partial charge in [-0.3, -0.25) is 4.79 Å². The highest BCUT2D eigenvalue weighted by Gasteiger charge is 2.12. The van der Waals surface area contributed by atoms with Crippen LogP contribution in [0.15, 0.2) is 36.4 Å². The number of fused-ring (bicyclic) bond motifs is 1. The normalized spacial score (nSPS) is 10.9. The molecule has 0 aliphatic rings. The van der Waals surface area contributed by atoms with Crippen LogP contribution in [0.5, 0.6) is 11.5 Å². The molecule has 1 aromatic heterocycles. The third-order valence-corrected chi connectivity index (χ3v) is 5.24. The van der Waals surface area contributed by atoms with E-state index >= 15 is 0 Å². The standard InChI is InChI=1S/C22H26N2O3/c1-14-15(2)24(3)20-9-7-17(12-19(14)20)22(25)23-11-10-16-6-8-18(26-4)13-21(16)27-5/h6-9,12-13H,10-11H2,1-5H3,(H,23,25). The van der Waals surface area contributed by atoms with Gasteiger partial charge in [0.15, 0.2) is 0 Å². The van der Waals surface area contributed by atoms with Gasteiger partial charge in [0.2, 0.25) is 0 Å². The van der Waals surface area contributed by atoms with Crippen molar-refractivity contribution in [3.8, 4) is 11.5 Å². The first-order chi connectivity index (χ1) is 13.0. The van der Waals surface area contributed by atoms with Crippen LogP contribution in [0.1, 0.15) is 27.2 Å². The van der Waals surface area contributed by atoms with E-state index in [1.165, 1.54) is 11.3 Å². The zero-order chi connectivity index (χ0) is 19.6. The molecule has 5 nitrogen and oxygen atoms in total. The van der Waals surface area contributed by atoms with E-state index in [2.05, 4.69) is 23.7 Å². The Kier molecular flexibility index (Phi) is 5.40. The fourth-order valence-corrected chi connectivity index (χ4v) is 3.37. The number of hydrogen-bond acceptors (Lipinski definition) is 3. The van der Waals surface area contributed by atoms with Crippen molar-refractivity contribution in [3.05, 3.63) is 58.8 Å². The zero-order valence-electron chi connectivity index (χ0n) is 16.6. The molecule has 0 spiro atoms. The molecule has 0 saturated heterocycles. The molecule has 0 aliphatic carbocycles. The lowest BCUT2D eigenvalue weighted by molar-refractivity contribution is 0.0954. The van der Waals surface area contributed by atoms with E-state index in [-0.39, 0.29) is 5.91 Å². The fraction of sp³-hybridized carbons (Fsp3) is 0.318. The van der Waals surface area contributed by atoms with Crippen LogP contribution < -0.4 is 14.8 Å². The summed E-state index contributed by atoms with van der Waals surface area (Å²) in [6.07, 6.45) is 0.685. The molecule has 1 heterocycles. The molecular weight excluding hydrogens is 340 g/mol. The van der Waals surface area contributed by atoms with E-state index in [0.717, 1.165) is 28.0 Å². The molecule has 0 aliphatic heterocycles. The second kappa shape index (κ2) is 7.74. The van der Waals surface area contributed by atoms with E-state index in [0.29, 0.717) is 18.5 Å². The van der Waals surface area contributed by atoms with E-state index in [1.807, 2.05) is 43.4 Å². The summed E-state index contributed by atoms with van der Waals surface area (Å²) in [7, 11) is 5.31. The van der Waals surface area contributed by atoms with Crippen molar-refractivity contribution in [2.24, 2.45) is 7.05 Å². The third kappa shape index (κ3) is 3.63. The molecule has 0 unspecified atom stereocenters. The Morgan fingerprint density at radius 3 is 2.56 bits per heavy atom. The van der Waals surface area contributed by atoms with Gasteiger partial charge < -0.3 is 19.4 Å². The lowest BCUT2D eigenvalue weighted by Crippen LogP contribution is -2.25. The number of aromatic nitrogens is 1.